The Morgan fingerprint density at radius 1 is 0.315 bits per heavy atom. The lowest BCUT2D eigenvalue weighted by Crippen LogP contribution is -2.12. The fraction of sp³-hybridized carbons (Fsp3) is 0. The van der Waals surface area contributed by atoms with Crippen molar-refractivity contribution in [2.24, 2.45) is 0 Å². The number of benzene rings is 9. The molecule has 2 heteroatoms. The summed E-state index contributed by atoms with van der Waals surface area (Å²) in [5, 5.41) is 4.60. The van der Waals surface area contributed by atoms with Crippen LogP contribution in [0.2, 0.25) is 0 Å². The molecule has 0 spiro atoms. The van der Waals surface area contributed by atoms with Crippen LogP contribution in [0.3, 0.4) is 0 Å². The Labute approximate surface area is 314 Å². The lowest BCUT2D eigenvalue weighted by molar-refractivity contribution is 0.669. The summed E-state index contributed by atoms with van der Waals surface area (Å²) in [6.45, 7) is 0. The van der Waals surface area contributed by atoms with Crippen molar-refractivity contribution >= 4 is 49.8 Å². The number of hydrogen-bond acceptors (Lipinski definition) is 2. The number of hydrogen-bond donors (Lipinski definition) is 0. The first kappa shape index (κ1) is 31.6. The molecule has 0 radical (unpaired) electrons. The molecule has 10 aromatic rings. The summed E-state index contributed by atoms with van der Waals surface area (Å²) >= 11 is 0. The first-order valence-electron chi connectivity index (χ1n) is 18.4. The highest BCUT2D eigenvalue weighted by atomic mass is 16.3. The van der Waals surface area contributed by atoms with Crippen molar-refractivity contribution in [1.82, 2.24) is 0 Å². The fourth-order valence-electron chi connectivity index (χ4n) is 7.88. The molecule has 0 saturated heterocycles. The van der Waals surface area contributed by atoms with Crippen LogP contribution in [-0.2, 0) is 0 Å². The van der Waals surface area contributed by atoms with Crippen molar-refractivity contribution in [1.29, 1.82) is 0 Å². The van der Waals surface area contributed by atoms with Gasteiger partial charge in [0.15, 0.2) is 0 Å². The van der Waals surface area contributed by atoms with Gasteiger partial charge in [0, 0.05) is 27.6 Å². The number of fused-ring (bicyclic) bond motifs is 4. The Kier molecular flexibility index (Phi) is 7.85. The van der Waals surface area contributed by atoms with E-state index in [1.165, 1.54) is 27.5 Å². The quantitative estimate of drug-likeness (QED) is 0.166. The predicted molar refractivity (Wildman–Crippen MR) is 228 cm³/mol. The zero-order valence-electron chi connectivity index (χ0n) is 29.6. The summed E-state index contributed by atoms with van der Waals surface area (Å²) in [4.78, 5) is 2.43. The highest BCUT2D eigenvalue weighted by molar-refractivity contribution is 6.16. The van der Waals surface area contributed by atoms with Gasteiger partial charge in [-0.3, -0.25) is 0 Å². The maximum atomic E-state index is 6.56. The van der Waals surface area contributed by atoms with E-state index in [1.54, 1.807) is 0 Å². The van der Waals surface area contributed by atoms with E-state index in [0.717, 1.165) is 66.8 Å². The van der Waals surface area contributed by atoms with E-state index in [4.69, 9.17) is 4.42 Å². The normalized spacial score (nSPS) is 11.3. The van der Waals surface area contributed by atoms with Crippen LogP contribution in [0, 0.1) is 0 Å². The number of furan rings is 1. The minimum absolute atomic E-state index is 0.879. The lowest BCUT2D eigenvalue weighted by Gasteiger charge is -2.30. The van der Waals surface area contributed by atoms with E-state index >= 15 is 0 Å². The van der Waals surface area contributed by atoms with Crippen LogP contribution < -0.4 is 4.90 Å². The molecular formula is C52H35NO. The van der Waals surface area contributed by atoms with Gasteiger partial charge in [-0.25, -0.2) is 0 Å². The molecule has 54 heavy (non-hydrogen) atoms. The van der Waals surface area contributed by atoms with E-state index in [0.29, 0.717) is 0 Å². The highest BCUT2D eigenvalue weighted by Crippen LogP contribution is 2.48. The third kappa shape index (κ3) is 5.62. The molecule has 0 amide bonds. The van der Waals surface area contributed by atoms with Crippen LogP contribution in [0.4, 0.5) is 17.1 Å². The summed E-state index contributed by atoms with van der Waals surface area (Å²) in [5.41, 5.74) is 14.3. The van der Waals surface area contributed by atoms with Crippen LogP contribution >= 0.6 is 0 Å². The average molecular weight is 690 g/mol. The molecule has 0 unspecified atom stereocenters. The van der Waals surface area contributed by atoms with Crippen LogP contribution in [-0.4, -0.2) is 0 Å². The summed E-state index contributed by atoms with van der Waals surface area (Å²) < 4.78 is 6.56. The van der Waals surface area contributed by atoms with E-state index in [1.807, 2.05) is 0 Å². The van der Waals surface area contributed by atoms with Crippen molar-refractivity contribution in [2.75, 3.05) is 4.90 Å². The first-order valence-corrected chi connectivity index (χ1v) is 18.4. The molecule has 0 fully saturated rings. The summed E-state index contributed by atoms with van der Waals surface area (Å²) in [7, 11) is 0. The Bertz CT molecular complexity index is 2920. The SMILES string of the molecule is c1ccc(-c2ccc(-c3ccccc3N(c3cccc(-c4ccccc4)c3)c3ccccc3-c3cccc4oc5cc6ccccc6cc5c34)cc2)cc1. The summed E-state index contributed by atoms with van der Waals surface area (Å²) in [6, 6.07) is 75.9. The minimum Gasteiger partial charge on any atom is -0.456 e. The fourth-order valence-corrected chi connectivity index (χ4v) is 7.88. The third-order valence-electron chi connectivity index (χ3n) is 10.5. The summed E-state index contributed by atoms with van der Waals surface area (Å²) in [6.07, 6.45) is 0. The molecule has 10 rings (SSSR count). The van der Waals surface area contributed by atoms with Gasteiger partial charge in [-0.2, -0.15) is 0 Å². The van der Waals surface area contributed by atoms with Crippen molar-refractivity contribution < 1.29 is 4.42 Å². The minimum atomic E-state index is 0.879. The van der Waals surface area contributed by atoms with Crippen LogP contribution in [0.1, 0.15) is 0 Å². The monoisotopic (exact) mass is 689 g/mol. The van der Waals surface area contributed by atoms with Crippen molar-refractivity contribution in [2.45, 2.75) is 0 Å². The smallest absolute Gasteiger partial charge is 0.136 e. The van der Waals surface area contributed by atoms with Gasteiger partial charge in [-0.15, -0.1) is 0 Å². The second-order valence-electron chi connectivity index (χ2n) is 13.7. The van der Waals surface area contributed by atoms with E-state index in [9.17, 15) is 0 Å². The maximum absolute atomic E-state index is 6.56. The van der Waals surface area contributed by atoms with Gasteiger partial charge in [0.1, 0.15) is 11.2 Å². The van der Waals surface area contributed by atoms with Gasteiger partial charge in [0.25, 0.3) is 0 Å². The molecule has 0 saturated carbocycles. The molecular weight excluding hydrogens is 655 g/mol. The third-order valence-corrected chi connectivity index (χ3v) is 10.5. The lowest BCUT2D eigenvalue weighted by atomic mass is 9.94. The number of anilines is 3. The molecule has 2 nitrogen and oxygen atoms in total. The molecule has 1 aromatic heterocycles. The Morgan fingerprint density at radius 2 is 0.833 bits per heavy atom. The first-order chi connectivity index (χ1) is 26.8. The number of para-hydroxylation sites is 2. The zero-order chi connectivity index (χ0) is 35.8. The molecule has 9 aromatic carbocycles. The van der Waals surface area contributed by atoms with Gasteiger partial charge in [-0.05, 0) is 86.6 Å². The molecule has 0 atom stereocenters. The Hall–Kier alpha value is -7.16. The van der Waals surface area contributed by atoms with E-state index < -0.39 is 0 Å². The Balaban J connectivity index is 1.20. The largest absolute Gasteiger partial charge is 0.456 e. The van der Waals surface area contributed by atoms with Gasteiger partial charge in [0.05, 0.1) is 11.4 Å². The van der Waals surface area contributed by atoms with Crippen molar-refractivity contribution in [3.8, 4) is 44.5 Å². The standard InChI is InChI=1S/C52H35NO/c1-3-15-36(16-4-1)38-29-31-39(32-30-38)44-23-9-11-26-48(44)53(43-22-13-21-40(33-43)37-17-5-2-6-18-37)49-27-12-10-24-45(49)46-25-14-28-50-52(46)47-34-41-19-7-8-20-42(41)35-51(47)54-50/h1-35H. The topological polar surface area (TPSA) is 16.4 Å². The van der Waals surface area contributed by atoms with Crippen LogP contribution in [0.5, 0.6) is 0 Å². The predicted octanol–water partition coefficient (Wildman–Crippen LogP) is 14.9. The molecule has 0 N–H and O–H groups in total. The van der Waals surface area contributed by atoms with Crippen molar-refractivity contribution in [3.05, 3.63) is 212 Å². The van der Waals surface area contributed by atoms with Gasteiger partial charge >= 0.3 is 0 Å². The Morgan fingerprint density at radius 3 is 1.57 bits per heavy atom. The molecule has 0 bridgehead atoms. The zero-order valence-corrected chi connectivity index (χ0v) is 29.6. The number of nitrogens with zero attached hydrogens (tertiary/aromatic N) is 1. The van der Waals surface area contributed by atoms with Gasteiger partial charge < -0.3 is 9.32 Å². The number of rotatable bonds is 7. The van der Waals surface area contributed by atoms with Crippen molar-refractivity contribution in [3.63, 3.8) is 0 Å². The molecule has 0 aliphatic heterocycles. The highest BCUT2D eigenvalue weighted by Gasteiger charge is 2.23. The summed E-state index contributed by atoms with van der Waals surface area (Å²) in [5.74, 6) is 0. The molecule has 0 aliphatic carbocycles. The molecule has 1 heterocycles. The van der Waals surface area contributed by atoms with Crippen LogP contribution in [0.25, 0.3) is 77.2 Å². The average Bonchev–Trinajstić information content (AvgIpc) is 3.62. The van der Waals surface area contributed by atoms with Gasteiger partial charge in [-0.1, -0.05) is 170 Å². The molecule has 254 valence electrons. The molecule has 0 aliphatic rings. The van der Waals surface area contributed by atoms with Crippen LogP contribution in [0.15, 0.2) is 217 Å². The van der Waals surface area contributed by atoms with E-state index in [2.05, 4.69) is 217 Å². The van der Waals surface area contributed by atoms with Gasteiger partial charge in [0.2, 0.25) is 0 Å². The van der Waals surface area contributed by atoms with E-state index in [-0.39, 0.29) is 0 Å². The second kappa shape index (κ2) is 13.4. The second-order valence-corrected chi connectivity index (χ2v) is 13.7. The maximum Gasteiger partial charge on any atom is 0.136 e.